The summed E-state index contributed by atoms with van der Waals surface area (Å²) < 4.78 is 0. The van der Waals surface area contributed by atoms with Gasteiger partial charge in [-0.05, 0) is 43.4 Å². The molecule has 0 atom stereocenters. The van der Waals surface area contributed by atoms with E-state index in [0.29, 0.717) is 5.57 Å². The second-order valence-corrected chi connectivity index (χ2v) is 4.16. The molecule has 80 valence electrons. The van der Waals surface area contributed by atoms with Crippen molar-refractivity contribution in [2.45, 2.75) is 18.7 Å². The van der Waals surface area contributed by atoms with Gasteiger partial charge in [0.15, 0.2) is 0 Å². The van der Waals surface area contributed by atoms with Gasteiger partial charge in [0.2, 0.25) is 0 Å². The zero-order valence-corrected chi connectivity index (χ0v) is 9.89. The fraction of sp³-hybridized carbons (Fsp3) is 0.250. The lowest BCUT2D eigenvalue weighted by Gasteiger charge is -2.05. The number of aliphatic carboxylic acids is 1. The number of hydrogen-bond acceptors (Lipinski definition) is 2. The van der Waals surface area contributed by atoms with Crippen molar-refractivity contribution in [1.29, 1.82) is 0 Å². The predicted molar refractivity (Wildman–Crippen MR) is 64.1 cm³/mol. The van der Waals surface area contributed by atoms with E-state index in [0.717, 1.165) is 11.1 Å². The van der Waals surface area contributed by atoms with Gasteiger partial charge in [0.1, 0.15) is 0 Å². The molecule has 0 unspecified atom stereocenters. The molecule has 0 saturated carbocycles. The number of allylic oxidation sites excluding steroid dienone is 1. The Labute approximate surface area is 94.0 Å². The van der Waals surface area contributed by atoms with E-state index in [1.165, 1.54) is 4.90 Å². The molecule has 15 heavy (non-hydrogen) atoms. The molecule has 0 aliphatic carbocycles. The Hall–Kier alpha value is -1.22. The van der Waals surface area contributed by atoms with Crippen LogP contribution in [-0.2, 0) is 4.79 Å². The summed E-state index contributed by atoms with van der Waals surface area (Å²) in [5, 5.41) is 8.85. The van der Waals surface area contributed by atoms with Gasteiger partial charge >= 0.3 is 5.97 Å². The first-order valence-corrected chi connectivity index (χ1v) is 5.84. The van der Waals surface area contributed by atoms with Crippen molar-refractivity contribution >= 4 is 23.3 Å². The Morgan fingerprint density at radius 1 is 1.20 bits per heavy atom. The summed E-state index contributed by atoms with van der Waals surface area (Å²) >= 11 is 1.67. The van der Waals surface area contributed by atoms with E-state index in [9.17, 15) is 4.79 Å². The standard InChI is InChI=1S/C12H14O2S/c1-8(9(2)12(13)14)10-4-6-11(15-3)7-5-10/h4-7H,1-3H3,(H,13,14)/b9-8-. The first-order valence-electron chi connectivity index (χ1n) is 4.61. The summed E-state index contributed by atoms with van der Waals surface area (Å²) in [6.07, 6.45) is 2.01. The summed E-state index contributed by atoms with van der Waals surface area (Å²) in [7, 11) is 0. The molecule has 0 radical (unpaired) electrons. The third kappa shape index (κ3) is 2.86. The van der Waals surface area contributed by atoms with Crippen molar-refractivity contribution in [3.05, 3.63) is 35.4 Å². The highest BCUT2D eigenvalue weighted by molar-refractivity contribution is 7.98. The second kappa shape index (κ2) is 5.03. The average molecular weight is 222 g/mol. The van der Waals surface area contributed by atoms with Gasteiger partial charge in [-0.25, -0.2) is 4.79 Å². The minimum atomic E-state index is -0.860. The maximum absolute atomic E-state index is 10.8. The SMILES string of the molecule is CSc1ccc(/C(C)=C(/C)C(=O)O)cc1. The predicted octanol–water partition coefficient (Wildman–Crippen LogP) is 3.29. The molecule has 0 aliphatic heterocycles. The van der Waals surface area contributed by atoms with Crippen LogP contribution in [0.3, 0.4) is 0 Å². The topological polar surface area (TPSA) is 37.3 Å². The summed E-state index contributed by atoms with van der Waals surface area (Å²) in [6, 6.07) is 7.90. The normalized spacial score (nSPS) is 12.2. The molecule has 1 N–H and O–H groups in total. The lowest BCUT2D eigenvalue weighted by Crippen LogP contribution is -1.99. The molecule has 0 heterocycles. The minimum Gasteiger partial charge on any atom is -0.478 e. The van der Waals surface area contributed by atoms with Gasteiger partial charge in [0.05, 0.1) is 0 Å². The van der Waals surface area contributed by atoms with Crippen LogP contribution < -0.4 is 0 Å². The monoisotopic (exact) mass is 222 g/mol. The van der Waals surface area contributed by atoms with E-state index in [1.54, 1.807) is 18.7 Å². The summed E-state index contributed by atoms with van der Waals surface area (Å²) in [4.78, 5) is 12.0. The number of carboxylic acid groups (broad SMARTS) is 1. The number of rotatable bonds is 3. The van der Waals surface area contributed by atoms with E-state index in [1.807, 2.05) is 37.4 Å². The summed E-state index contributed by atoms with van der Waals surface area (Å²) in [5.41, 5.74) is 2.18. The third-order valence-corrected chi connectivity index (χ3v) is 3.15. The Morgan fingerprint density at radius 3 is 2.13 bits per heavy atom. The molecule has 0 saturated heterocycles. The highest BCUT2D eigenvalue weighted by Gasteiger charge is 2.06. The maximum atomic E-state index is 10.8. The molecule has 2 nitrogen and oxygen atoms in total. The Balaban J connectivity index is 3.07. The number of benzene rings is 1. The molecule has 0 aromatic heterocycles. The van der Waals surface area contributed by atoms with Crippen molar-refractivity contribution in [3.63, 3.8) is 0 Å². The van der Waals surface area contributed by atoms with Crippen LogP contribution in [0.5, 0.6) is 0 Å². The van der Waals surface area contributed by atoms with Crippen LogP contribution in [0, 0.1) is 0 Å². The van der Waals surface area contributed by atoms with Crippen molar-refractivity contribution in [1.82, 2.24) is 0 Å². The number of carbonyl (C=O) groups is 1. The summed E-state index contributed by atoms with van der Waals surface area (Å²) in [5.74, 6) is -0.860. The molecule has 1 aromatic carbocycles. The Kier molecular flexibility index (Phi) is 3.97. The number of hydrogen-bond donors (Lipinski definition) is 1. The number of thioether (sulfide) groups is 1. The second-order valence-electron chi connectivity index (χ2n) is 3.28. The van der Waals surface area contributed by atoms with E-state index >= 15 is 0 Å². The van der Waals surface area contributed by atoms with Crippen LogP contribution >= 0.6 is 11.8 Å². The van der Waals surface area contributed by atoms with Crippen molar-refractivity contribution in [3.8, 4) is 0 Å². The zero-order valence-electron chi connectivity index (χ0n) is 9.07. The summed E-state index contributed by atoms with van der Waals surface area (Å²) in [6.45, 7) is 3.46. The molecular formula is C12H14O2S. The minimum absolute atomic E-state index is 0.395. The number of carboxylic acids is 1. The molecule has 0 spiro atoms. The zero-order chi connectivity index (χ0) is 11.4. The molecule has 1 rings (SSSR count). The van der Waals surface area contributed by atoms with Gasteiger partial charge in [-0.1, -0.05) is 12.1 Å². The highest BCUT2D eigenvalue weighted by Crippen LogP contribution is 2.21. The smallest absolute Gasteiger partial charge is 0.331 e. The van der Waals surface area contributed by atoms with Gasteiger partial charge in [0.25, 0.3) is 0 Å². The quantitative estimate of drug-likeness (QED) is 0.630. The van der Waals surface area contributed by atoms with Crippen LogP contribution in [0.25, 0.3) is 5.57 Å². The first kappa shape index (κ1) is 11.9. The van der Waals surface area contributed by atoms with Gasteiger partial charge in [0, 0.05) is 10.5 Å². The lowest BCUT2D eigenvalue weighted by atomic mass is 10.0. The van der Waals surface area contributed by atoms with E-state index in [4.69, 9.17) is 5.11 Å². The van der Waals surface area contributed by atoms with E-state index in [-0.39, 0.29) is 0 Å². The van der Waals surface area contributed by atoms with Crippen molar-refractivity contribution in [2.75, 3.05) is 6.26 Å². The van der Waals surface area contributed by atoms with Crippen molar-refractivity contribution in [2.24, 2.45) is 0 Å². The van der Waals surface area contributed by atoms with E-state index < -0.39 is 5.97 Å². The maximum Gasteiger partial charge on any atom is 0.331 e. The van der Waals surface area contributed by atoms with Crippen LogP contribution in [0.15, 0.2) is 34.7 Å². The van der Waals surface area contributed by atoms with Crippen molar-refractivity contribution < 1.29 is 9.90 Å². The van der Waals surface area contributed by atoms with Crippen LogP contribution in [0.1, 0.15) is 19.4 Å². The molecular weight excluding hydrogens is 208 g/mol. The molecule has 0 amide bonds. The lowest BCUT2D eigenvalue weighted by molar-refractivity contribution is -0.132. The molecule has 0 aliphatic rings. The Bertz CT molecular complexity index is 391. The highest BCUT2D eigenvalue weighted by atomic mass is 32.2. The first-order chi connectivity index (χ1) is 7.06. The van der Waals surface area contributed by atoms with Crippen LogP contribution in [0.2, 0.25) is 0 Å². The van der Waals surface area contributed by atoms with Crippen LogP contribution in [-0.4, -0.2) is 17.3 Å². The molecule has 1 aromatic rings. The van der Waals surface area contributed by atoms with Crippen LogP contribution in [0.4, 0.5) is 0 Å². The third-order valence-electron chi connectivity index (χ3n) is 2.41. The Morgan fingerprint density at radius 2 is 1.73 bits per heavy atom. The average Bonchev–Trinajstić information content (AvgIpc) is 2.27. The fourth-order valence-electron chi connectivity index (χ4n) is 1.22. The largest absolute Gasteiger partial charge is 0.478 e. The van der Waals surface area contributed by atoms with Gasteiger partial charge in [-0.2, -0.15) is 0 Å². The molecule has 3 heteroatoms. The molecule has 0 fully saturated rings. The van der Waals surface area contributed by atoms with Gasteiger partial charge < -0.3 is 5.11 Å². The van der Waals surface area contributed by atoms with Gasteiger partial charge in [-0.3, -0.25) is 0 Å². The van der Waals surface area contributed by atoms with Gasteiger partial charge in [-0.15, -0.1) is 11.8 Å². The van der Waals surface area contributed by atoms with E-state index in [2.05, 4.69) is 0 Å². The fourth-order valence-corrected chi connectivity index (χ4v) is 1.63. The molecule has 0 bridgehead atoms.